The van der Waals surface area contributed by atoms with Gasteiger partial charge in [-0.2, -0.15) is 0 Å². The van der Waals surface area contributed by atoms with Gasteiger partial charge in [-0.1, -0.05) is 12.1 Å². The van der Waals surface area contributed by atoms with Crippen LogP contribution in [0.25, 0.3) is 0 Å². The molecule has 0 aromatic heterocycles. The van der Waals surface area contributed by atoms with Crippen molar-refractivity contribution in [2.24, 2.45) is 0 Å². The summed E-state index contributed by atoms with van der Waals surface area (Å²) in [5, 5.41) is 0. The van der Waals surface area contributed by atoms with Crippen molar-refractivity contribution in [3.63, 3.8) is 0 Å². The summed E-state index contributed by atoms with van der Waals surface area (Å²) in [5.74, 6) is 1.79. The van der Waals surface area contributed by atoms with Crippen LogP contribution in [0.3, 0.4) is 0 Å². The quantitative estimate of drug-likeness (QED) is 0.643. The minimum atomic E-state index is 0.634. The standard InChI is InChI=1S/C17H21NO2/c1-13-4-5-14(2)17(12-13)20-11-3-10-19-16-8-6-15(18)7-9-16/h4-9,12H,3,10-11,18H2,1-2H3. The van der Waals surface area contributed by atoms with Crippen molar-refractivity contribution >= 4 is 5.69 Å². The third kappa shape index (κ3) is 4.19. The molecule has 0 fully saturated rings. The normalized spacial score (nSPS) is 10.3. The van der Waals surface area contributed by atoms with Crippen LogP contribution in [0.4, 0.5) is 5.69 Å². The predicted octanol–water partition coefficient (Wildman–Crippen LogP) is 3.73. The highest BCUT2D eigenvalue weighted by molar-refractivity contribution is 5.41. The highest BCUT2D eigenvalue weighted by Gasteiger charge is 2.00. The van der Waals surface area contributed by atoms with Gasteiger partial charge in [0.1, 0.15) is 11.5 Å². The predicted molar refractivity (Wildman–Crippen MR) is 82.4 cm³/mol. The minimum absolute atomic E-state index is 0.634. The number of nitrogen functional groups attached to an aromatic ring is 1. The molecule has 0 amide bonds. The van der Waals surface area contributed by atoms with E-state index in [1.165, 1.54) is 5.56 Å². The molecule has 0 unspecified atom stereocenters. The molecule has 3 nitrogen and oxygen atoms in total. The maximum atomic E-state index is 5.77. The number of rotatable bonds is 6. The number of benzene rings is 2. The molecule has 106 valence electrons. The van der Waals surface area contributed by atoms with Crippen molar-refractivity contribution in [1.29, 1.82) is 0 Å². The summed E-state index contributed by atoms with van der Waals surface area (Å²) in [6.07, 6.45) is 0.845. The van der Waals surface area contributed by atoms with E-state index >= 15 is 0 Å². The van der Waals surface area contributed by atoms with E-state index in [0.29, 0.717) is 13.2 Å². The van der Waals surface area contributed by atoms with Gasteiger partial charge in [0.05, 0.1) is 13.2 Å². The number of aryl methyl sites for hydroxylation is 2. The second kappa shape index (κ2) is 6.85. The summed E-state index contributed by atoms with van der Waals surface area (Å²) in [6, 6.07) is 13.7. The van der Waals surface area contributed by atoms with E-state index in [1.54, 1.807) is 0 Å². The Morgan fingerprint density at radius 3 is 2.35 bits per heavy atom. The van der Waals surface area contributed by atoms with Crippen molar-refractivity contribution in [2.75, 3.05) is 18.9 Å². The SMILES string of the molecule is Cc1ccc(C)c(OCCCOc2ccc(N)cc2)c1. The van der Waals surface area contributed by atoms with Gasteiger partial charge in [-0.05, 0) is 55.3 Å². The number of nitrogens with two attached hydrogens (primary N) is 1. The summed E-state index contributed by atoms with van der Waals surface area (Å²) >= 11 is 0. The van der Waals surface area contributed by atoms with E-state index in [9.17, 15) is 0 Å². The van der Waals surface area contributed by atoms with Gasteiger partial charge < -0.3 is 15.2 Å². The van der Waals surface area contributed by atoms with E-state index in [0.717, 1.165) is 29.2 Å². The Morgan fingerprint density at radius 2 is 1.60 bits per heavy atom. The average Bonchev–Trinajstić information content (AvgIpc) is 2.44. The van der Waals surface area contributed by atoms with E-state index in [-0.39, 0.29) is 0 Å². The van der Waals surface area contributed by atoms with E-state index in [4.69, 9.17) is 15.2 Å². The number of hydrogen-bond donors (Lipinski definition) is 1. The zero-order chi connectivity index (χ0) is 14.4. The van der Waals surface area contributed by atoms with Gasteiger partial charge in [0.15, 0.2) is 0 Å². The number of hydrogen-bond acceptors (Lipinski definition) is 3. The summed E-state index contributed by atoms with van der Waals surface area (Å²) in [4.78, 5) is 0. The van der Waals surface area contributed by atoms with Crippen LogP contribution in [0.1, 0.15) is 17.5 Å². The summed E-state index contributed by atoms with van der Waals surface area (Å²) in [6.45, 7) is 5.41. The first-order chi connectivity index (χ1) is 9.65. The molecule has 20 heavy (non-hydrogen) atoms. The zero-order valence-corrected chi connectivity index (χ0v) is 12.1. The van der Waals surface area contributed by atoms with Crippen LogP contribution in [-0.2, 0) is 0 Å². The maximum absolute atomic E-state index is 5.77. The molecule has 0 bridgehead atoms. The molecule has 0 aliphatic heterocycles. The van der Waals surface area contributed by atoms with Crippen molar-refractivity contribution in [2.45, 2.75) is 20.3 Å². The first-order valence-corrected chi connectivity index (χ1v) is 6.83. The zero-order valence-electron chi connectivity index (χ0n) is 12.1. The summed E-state index contributed by atoms with van der Waals surface area (Å²) in [5.41, 5.74) is 8.74. The molecule has 0 saturated carbocycles. The third-order valence-corrected chi connectivity index (χ3v) is 3.04. The van der Waals surface area contributed by atoms with Gasteiger partial charge in [-0.25, -0.2) is 0 Å². The lowest BCUT2D eigenvalue weighted by Gasteiger charge is -2.10. The maximum Gasteiger partial charge on any atom is 0.122 e. The smallest absolute Gasteiger partial charge is 0.122 e. The highest BCUT2D eigenvalue weighted by Crippen LogP contribution is 2.19. The molecule has 0 spiro atoms. The molecule has 0 heterocycles. The Hall–Kier alpha value is -2.16. The molecule has 3 heteroatoms. The van der Waals surface area contributed by atoms with Gasteiger partial charge in [0.25, 0.3) is 0 Å². The molecule has 2 aromatic carbocycles. The van der Waals surface area contributed by atoms with Crippen LogP contribution in [0.15, 0.2) is 42.5 Å². The summed E-state index contributed by atoms with van der Waals surface area (Å²) < 4.78 is 11.4. The van der Waals surface area contributed by atoms with Gasteiger partial charge in [-0.15, -0.1) is 0 Å². The van der Waals surface area contributed by atoms with Gasteiger partial charge in [-0.3, -0.25) is 0 Å². The molecule has 0 saturated heterocycles. The topological polar surface area (TPSA) is 44.5 Å². The van der Waals surface area contributed by atoms with Crippen LogP contribution in [0, 0.1) is 13.8 Å². The fraction of sp³-hybridized carbons (Fsp3) is 0.294. The largest absolute Gasteiger partial charge is 0.493 e. The molecular weight excluding hydrogens is 250 g/mol. The fourth-order valence-electron chi connectivity index (χ4n) is 1.86. The van der Waals surface area contributed by atoms with Crippen molar-refractivity contribution in [3.05, 3.63) is 53.6 Å². The Morgan fingerprint density at radius 1 is 0.900 bits per heavy atom. The molecule has 0 radical (unpaired) electrons. The monoisotopic (exact) mass is 271 g/mol. The Labute approximate surface area is 120 Å². The molecule has 0 atom stereocenters. The third-order valence-electron chi connectivity index (χ3n) is 3.04. The molecule has 2 N–H and O–H groups in total. The van der Waals surface area contributed by atoms with E-state index in [1.807, 2.05) is 24.3 Å². The van der Waals surface area contributed by atoms with Gasteiger partial charge in [0, 0.05) is 12.1 Å². The van der Waals surface area contributed by atoms with Crippen LogP contribution in [0.2, 0.25) is 0 Å². The van der Waals surface area contributed by atoms with E-state index < -0.39 is 0 Å². The molecule has 0 aliphatic rings. The second-order valence-corrected chi connectivity index (χ2v) is 4.89. The number of ether oxygens (including phenoxy) is 2. The van der Waals surface area contributed by atoms with Crippen LogP contribution in [-0.4, -0.2) is 13.2 Å². The Bertz CT molecular complexity index is 549. The highest BCUT2D eigenvalue weighted by atomic mass is 16.5. The van der Waals surface area contributed by atoms with Crippen LogP contribution in [0.5, 0.6) is 11.5 Å². The molecular formula is C17H21NO2. The number of anilines is 1. The first kappa shape index (κ1) is 14.3. The van der Waals surface area contributed by atoms with Crippen molar-refractivity contribution < 1.29 is 9.47 Å². The lowest BCUT2D eigenvalue weighted by molar-refractivity contribution is 0.246. The van der Waals surface area contributed by atoms with E-state index in [2.05, 4.69) is 32.0 Å². The Kier molecular flexibility index (Phi) is 4.88. The van der Waals surface area contributed by atoms with Crippen LogP contribution < -0.4 is 15.2 Å². The van der Waals surface area contributed by atoms with Crippen molar-refractivity contribution in [3.8, 4) is 11.5 Å². The second-order valence-electron chi connectivity index (χ2n) is 4.89. The molecule has 0 aliphatic carbocycles. The lowest BCUT2D eigenvalue weighted by Crippen LogP contribution is -2.05. The van der Waals surface area contributed by atoms with Gasteiger partial charge >= 0.3 is 0 Å². The summed E-state index contributed by atoms with van der Waals surface area (Å²) in [7, 11) is 0. The molecule has 2 rings (SSSR count). The van der Waals surface area contributed by atoms with Crippen molar-refractivity contribution in [1.82, 2.24) is 0 Å². The Balaban J connectivity index is 1.71. The molecule has 2 aromatic rings. The average molecular weight is 271 g/mol. The first-order valence-electron chi connectivity index (χ1n) is 6.83. The van der Waals surface area contributed by atoms with Crippen LogP contribution >= 0.6 is 0 Å². The fourth-order valence-corrected chi connectivity index (χ4v) is 1.86. The minimum Gasteiger partial charge on any atom is -0.493 e. The van der Waals surface area contributed by atoms with Gasteiger partial charge in [0.2, 0.25) is 0 Å². The lowest BCUT2D eigenvalue weighted by atomic mass is 10.1.